The summed E-state index contributed by atoms with van der Waals surface area (Å²) >= 11 is 0. The maximum Gasteiger partial charge on any atom is 0.474 e. The Morgan fingerprint density at radius 2 is 0.667 bits per heavy atom. The molecule has 6 heteroatoms. The van der Waals surface area contributed by atoms with E-state index in [-0.39, 0.29) is 29.6 Å². The Balaban J connectivity index is 0. The molecule has 177 valence electrons. The van der Waals surface area contributed by atoms with E-state index in [0.717, 1.165) is 38.5 Å². The van der Waals surface area contributed by atoms with Crippen LogP contribution in [-0.2, 0) is 18.1 Å². The van der Waals surface area contributed by atoms with Crippen molar-refractivity contribution in [3.05, 3.63) is 0 Å². The average Bonchev–Trinajstić information content (AvgIpc) is 2.72. The van der Waals surface area contributed by atoms with Gasteiger partial charge in [0.2, 0.25) is 0 Å². The topological polar surface area (TPSA) is 44.8 Å². The summed E-state index contributed by atoms with van der Waals surface area (Å²) < 4.78 is 29.9. The molecule has 0 amide bonds. The van der Waals surface area contributed by atoms with E-state index in [1.165, 1.54) is 77.0 Å². The Morgan fingerprint density at radius 3 is 0.933 bits per heavy atom. The SMILES string of the molecule is CCCCCCCCOP(=O)(OCCCCCCCC)OCCCCCCCC.[Na]. The molecule has 30 heavy (non-hydrogen) atoms. The van der Waals surface area contributed by atoms with E-state index in [0.29, 0.717) is 19.8 Å². The van der Waals surface area contributed by atoms with Gasteiger partial charge in [-0.25, -0.2) is 4.57 Å². The second-order valence-corrected chi connectivity index (χ2v) is 9.92. The molecule has 0 aliphatic heterocycles. The minimum Gasteiger partial charge on any atom is -0.287 e. The molecule has 0 saturated carbocycles. The molecular weight excluding hydrogens is 406 g/mol. The summed E-state index contributed by atoms with van der Waals surface area (Å²) in [5, 5.41) is 0. The maximum atomic E-state index is 13.0. The van der Waals surface area contributed by atoms with Crippen LogP contribution in [-0.4, -0.2) is 49.4 Å². The third kappa shape index (κ3) is 23.8. The summed E-state index contributed by atoms with van der Waals surface area (Å²) in [5.74, 6) is 0. The van der Waals surface area contributed by atoms with Gasteiger partial charge in [0, 0.05) is 29.6 Å². The molecule has 0 spiro atoms. The van der Waals surface area contributed by atoms with Crippen LogP contribution in [0, 0.1) is 0 Å². The summed E-state index contributed by atoms with van der Waals surface area (Å²) in [7, 11) is -3.40. The molecule has 0 atom stereocenters. The molecule has 0 aliphatic carbocycles. The number of phosphoric acid groups is 1. The van der Waals surface area contributed by atoms with Crippen molar-refractivity contribution in [2.24, 2.45) is 0 Å². The van der Waals surface area contributed by atoms with Gasteiger partial charge in [0.05, 0.1) is 19.8 Å². The van der Waals surface area contributed by atoms with E-state index in [4.69, 9.17) is 13.6 Å². The maximum absolute atomic E-state index is 13.0. The van der Waals surface area contributed by atoms with Gasteiger partial charge in [0.25, 0.3) is 0 Å². The Morgan fingerprint density at radius 1 is 0.433 bits per heavy atom. The normalized spacial score (nSPS) is 11.6. The molecule has 0 N–H and O–H groups in total. The standard InChI is InChI=1S/C24H51O4P.Na/c1-4-7-10-13-16-19-22-26-29(25,27-23-20-17-14-11-8-5-2)28-24-21-18-15-12-9-6-3;/h4-24H2,1-3H3;. The van der Waals surface area contributed by atoms with Crippen LogP contribution in [0.2, 0.25) is 0 Å². The number of hydrogen-bond donors (Lipinski definition) is 0. The molecule has 1 radical (unpaired) electrons. The molecule has 0 aliphatic rings. The van der Waals surface area contributed by atoms with Gasteiger partial charge >= 0.3 is 7.82 Å². The second-order valence-electron chi connectivity index (χ2n) is 8.25. The van der Waals surface area contributed by atoms with Gasteiger partial charge in [-0.1, -0.05) is 117 Å². The fourth-order valence-electron chi connectivity index (χ4n) is 3.29. The van der Waals surface area contributed by atoms with Crippen molar-refractivity contribution in [3.8, 4) is 0 Å². The zero-order valence-corrected chi connectivity index (χ0v) is 23.8. The van der Waals surface area contributed by atoms with Gasteiger partial charge in [-0.05, 0) is 19.3 Å². The molecule has 0 fully saturated rings. The Bertz CT molecular complexity index is 317. The Hall–Kier alpha value is 1.11. The Labute approximate surface area is 210 Å². The zero-order valence-electron chi connectivity index (χ0n) is 20.9. The van der Waals surface area contributed by atoms with Crippen LogP contribution in [0.25, 0.3) is 0 Å². The van der Waals surface area contributed by atoms with E-state index in [1.807, 2.05) is 0 Å². The Kier molecular flexibility index (Phi) is 29.2. The molecule has 0 aromatic heterocycles. The summed E-state index contributed by atoms with van der Waals surface area (Å²) in [5.41, 5.74) is 0. The number of hydrogen-bond acceptors (Lipinski definition) is 4. The predicted octanol–water partition coefficient (Wildman–Crippen LogP) is 8.85. The van der Waals surface area contributed by atoms with Gasteiger partial charge in [-0.2, -0.15) is 0 Å². The first-order valence-electron chi connectivity index (χ1n) is 12.7. The minimum absolute atomic E-state index is 0. The molecule has 0 unspecified atom stereocenters. The van der Waals surface area contributed by atoms with Crippen LogP contribution < -0.4 is 0 Å². The first kappa shape index (κ1) is 33.3. The van der Waals surface area contributed by atoms with Crippen molar-refractivity contribution >= 4 is 37.4 Å². The fourth-order valence-corrected chi connectivity index (χ4v) is 4.57. The van der Waals surface area contributed by atoms with Gasteiger partial charge < -0.3 is 0 Å². The largest absolute Gasteiger partial charge is 0.474 e. The quantitative estimate of drug-likeness (QED) is 0.0825. The summed E-state index contributed by atoms with van der Waals surface area (Å²) in [4.78, 5) is 0. The summed E-state index contributed by atoms with van der Waals surface area (Å²) in [6, 6.07) is 0. The third-order valence-corrected chi connectivity index (χ3v) is 6.74. The van der Waals surface area contributed by atoms with Crippen LogP contribution in [0.1, 0.15) is 136 Å². The van der Waals surface area contributed by atoms with Crippen LogP contribution in [0.3, 0.4) is 0 Å². The van der Waals surface area contributed by atoms with Crippen molar-refractivity contribution in [1.82, 2.24) is 0 Å². The van der Waals surface area contributed by atoms with Crippen LogP contribution in [0.4, 0.5) is 0 Å². The van der Waals surface area contributed by atoms with Gasteiger partial charge in [0.15, 0.2) is 0 Å². The molecule has 0 bridgehead atoms. The molecule has 0 aromatic rings. The minimum atomic E-state index is -3.40. The third-order valence-electron chi connectivity index (χ3n) is 5.24. The first-order valence-corrected chi connectivity index (χ1v) is 14.2. The fraction of sp³-hybridized carbons (Fsp3) is 1.00. The molecule has 0 heterocycles. The van der Waals surface area contributed by atoms with Crippen molar-refractivity contribution in [2.75, 3.05) is 19.8 Å². The van der Waals surface area contributed by atoms with Crippen LogP contribution in [0.15, 0.2) is 0 Å². The van der Waals surface area contributed by atoms with Gasteiger partial charge in [-0.15, -0.1) is 0 Å². The molecule has 0 rings (SSSR count). The van der Waals surface area contributed by atoms with E-state index < -0.39 is 7.82 Å². The summed E-state index contributed by atoms with van der Waals surface area (Å²) in [6.45, 7) is 8.08. The molecule has 0 saturated heterocycles. The average molecular weight is 458 g/mol. The van der Waals surface area contributed by atoms with E-state index in [2.05, 4.69) is 20.8 Å². The second kappa shape index (κ2) is 26.4. The van der Waals surface area contributed by atoms with Crippen molar-refractivity contribution in [1.29, 1.82) is 0 Å². The van der Waals surface area contributed by atoms with Gasteiger partial charge in [0.1, 0.15) is 0 Å². The molecule has 0 aromatic carbocycles. The van der Waals surface area contributed by atoms with E-state index in [9.17, 15) is 4.57 Å². The smallest absolute Gasteiger partial charge is 0.287 e. The van der Waals surface area contributed by atoms with E-state index in [1.54, 1.807) is 0 Å². The predicted molar refractivity (Wildman–Crippen MR) is 131 cm³/mol. The zero-order chi connectivity index (χ0) is 21.5. The van der Waals surface area contributed by atoms with Crippen molar-refractivity contribution in [2.45, 2.75) is 136 Å². The number of phosphoric ester groups is 1. The van der Waals surface area contributed by atoms with Crippen LogP contribution in [0.5, 0.6) is 0 Å². The number of rotatable bonds is 24. The monoisotopic (exact) mass is 457 g/mol. The van der Waals surface area contributed by atoms with Crippen LogP contribution >= 0.6 is 7.82 Å². The van der Waals surface area contributed by atoms with E-state index >= 15 is 0 Å². The number of unbranched alkanes of at least 4 members (excludes halogenated alkanes) is 15. The van der Waals surface area contributed by atoms with Crippen molar-refractivity contribution < 1.29 is 18.1 Å². The molecule has 4 nitrogen and oxygen atoms in total. The van der Waals surface area contributed by atoms with Gasteiger partial charge in [-0.3, -0.25) is 13.6 Å². The molecular formula is C24H51NaO4P. The first-order chi connectivity index (χ1) is 14.2. The summed E-state index contributed by atoms with van der Waals surface area (Å²) in [6.07, 6.45) is 21.3. The van der Waals surface area contributed by atoms with Crippen molar-refractivity contribution in [3.63, 3.8) is 0 Å².